The summed E-state index contributed by atoms with van der Waals surface area (Å²) in [6.07, 6.45) is 0.958. The van der Waals surface area contributed by atoms with Crippen molar-refractivity contribution in [3.05, 3.63) is 121 Å². The number of rotatable bonds is 7. The number of carbonyl (C=O) groups is 2. The Morgan fingerprint density at radius 2 is 1.60 bits per heavy atom. The molecule has 0 radical (unpaired) electrons. The lowest BCUT2D eigenvalue weighted by Gasteiger charge is -2.22. The van der Waals surface area contributed by atoms with Gasteiger partial charge in [-0.05, 0) is 42.0 Å². The fraction of sp³-hybridized carbons (Fsp3) is 0.0385. The topological polar surface area (TPSA) is 191 Å². The van der Waals surface area contributed by atoms with Gasteiger partial charge in [-0.1, -0.05) is 35.1 Å². The second-order valence-corrected chi connectivity index (χ2v) is 12.4. The Morgan fingerprint density at radius 1 is 0.952 bits per heavy atom. The van der Waals surface area contributed by atoms with Crippen molar-refractivity contribution in [2.75, 3.05) is 4.90 Å². The van der Waals surface area contributed by atoms with Gasteiger partial charge in [-0.3, -0.25) is 34.7 Å². The largest absolute Gasteiger partial charge is 0.507 e. The van der Waals surface area contributed by atoms with Gasteiger partial charge in [-0.2, -0.15) is 0 Å². The van der Waals surface area contributed by atoms with Gasteiger partial charge in [0.25, 0.3) is 17.2 Å². The monoisotopic (exact) mass is 626 g/mol. The molecular weight excluding hydrogens is 612 g/mol. The third-order valence-electron chi connectivity index (χ3n) is 6.26. The minimum atomic E-state index is -4.25. The Labute approximate surface area is 245 Å². The highest BCUT2D eigenvalue weighted by Gasteiger charge is 2.48. The molecule has 3 aromatic carbocycles. The molecule has 1 fully saturated rings. The maximum atomic E-state index is 13.4. The molecule has 13 nitrogen and oxygen atoms in total. The van der Waals surface area contributed by atoms with Crippen molar-refractivity contribution in [3.63, 3.8) is 0 Å². The van der Waals surface area contributed by atoms with E-state index in [-0.39, 0.29) is 36.7 Å². The summed E-state index contributed by atoms with van der Waals surface area (Å²) in [6, 6.07) is 13.5. The lowest BCUT2D eigenvalue weighted by molar-refractivity contribution is -0.385. The molecule has 1 atom stereocenters. The van der Waals surface area contributed by atoms with E-state index in [0.717, 1.165) is 41.4 Å². The minimum absolute atomic E-state index is 0.0777. The highest BCUT2D eigenvalue weighted by Crippen LogP contribution is 2.45. The summed E-state index contributed by atoms with van der Waals surface area (Å²) < 4.78 is 26.1. The zero-order valence-electron chi connectivity index (χ0n) is 20.8. The second-order valence-electron chi connectivity index (χ2n) is 8.74. The third-order valence-corrected chi connectivity index (χ3v) is 9.74. The van der Waals surface area contributed by atoms with E-state index in [4.69, 9.17) is 11.6 Å². The fourth-order valence-corrected chi connectivity index (χ4v) is 6.94. The van der Waals surface area contributed by atoms with Gasteiger partial charge in [-0.25, -0.2) is 13.4 Å². The van der Waals surface area contributed by atoms with Crippen LogP contribution >= 0.6 is 22.9 Å². The molecular formula is C26H15ClN4O9S2. The number of nitrogens with zero attached hydrogens (tertiary/aromatic N) is 4. The molecule has 0 spiro atoms. The second kappa shape index (κ2) is 10.8. The average Bonchev–Trinajstić information content (AvgIpc) is 3.56. The van der Waals surface area contributed by atoms with Gasteiger partial charge in [0.1, 0.15) is 9.97 Å². The third kappa shape index (κ3) is 5.00. The van der Waals surface area contributed by atoms with Crippen LogP contribution in [-0.2, 0) is 19.4 Å². The van der Waals surface area contributed by atoms with Crippen LogP contribution in [-0.4, -0.2) is 40.0 Å². The molecule has 42 heavy (non-hydrogen) atoms. The van der Waals surface area contributed by atoms with E-state index in [9.17, 15) is 43.3 Å². The first-order chi connectivity index (χ1) is 19.9. The molecule has 1 N–H and O–H groups in total. The number of ketones is 1. The van der Waals surface area contributed by atoms with Crippen LogP contribution in [0.2, 0.25) is 5.02 Å². The van der Waals surface area contributed by atoms with Crippen LogP contribution in [0.15, 0.2) is 93.7 Å². The van der Waals surface area contributed by atoms with E-state index >= 15 is 0 Å². The zero-order chi connectivity index (χ0) is 30.3. The van der Waals surface area contributed by atoms with Gasteiger partial charge < -0.3 is 5.11 Å². The number of aliphatic hydroxyl groups excluding tert-OH is 1. The van der Waals surface area contributed by atoms with Crippen molar-refractivity contribution in [1.82, 2.24) is 4.98 Å². The van der Waals surface area contributed by atoms with Crippen molar-refractivity contribution >= 4 is 66.7 Å². The molecule has 1 amide bonds. The molecule has 0 saturated carbocycles. The van der Waals surface area contributed by atoms with E-state index < -0.39 is 48.7 Å². The Bertz CT molecular complexity index is 1920. The minimum Gasteiger partial charge on any atom is -0.507 e. The molecule has 5 rings (SSSR count). The summed E-state index contributed by atoms with van der Waals surface area (Å²) in [7, 11) is -4.25. The van der Waals surface area contributed by atoms with E-state index in [1.165, 1.54) is 42.5 Å². The molecule has 1 saturated heterocycles. The lowest BCUT2D eigenvalue weighted by Crippen LogP contribution is -2.29. The summed E-state index contributed by atoms with van der Waals surface area (Å²) in [5.41, 5.74) is -0.870. The SMILES string of the molecule is O=C1C(=O)N(c2ncc(S(=O)(=O)c3ccc([N+](=O)[O-])cc3)s2)C(c2cccc([N+](=O)[O-])c2)/C1=C(\O)c1ccc(Cl)cc1. The van der Waals surface area contributed by atoms with Crippen LogP contribution in [0, 0.1) is 20.2 Å². The number of Topliss-reactive ketones (excluding diaryl/α,β-unsaturated/α-hetero) is 1. The number of amides is 1. The summed E-state index contributed by atoms with van der Waals surface area (Å²) in [5.74, 6) is -2.87. The first-order valence-electron chi connectivity index (χ1n) is 11.7. The van der Waals surface area contributed by atoms with Gasteiger partial charge in [0.15, 0.2) is 5.13 Å². The number of thiazole rings is 1. The number of nitro benzene ring substituents is 2. The molecule has 4 aromatic rings. The lowest BCUT2D eigenvalue weighted by atomic mass is 9.95. The first-order valence-corrected chi connectivity index (χ1v) is 14.3. The smallest absolute Gasteiger partial charge is 0.301 e. The van der Waals surface area contributed by atoms with Crippen LogP contribution in [0.25, 0.3) is 5.76 Å². The molecule has 0 bridgehead atoms. The van der Waals surface area contributed by atoms with Crippen LogP contribution in [0.4, 0.5) is 16.5 Å². The zero-order valence-corrected chi connectivity index (χ0v) is 23.2. The Kier molecular flexibility index (Phi) is 7.32. The van der Waals surface area contributed by atoms with Gasteiger partial charge in [0.05, 0.1) is 32.6 Å². The fourth-order valence-electron chi connectivity index (χ4n) is 4.27. The molecule has 1 aliphatic heterocycles. The number of benzene rings is 3. The van der Waals surface area contributed by atoms with Gasteiger partial charge in [-0.15, -0.1) is 0 Å². The quantitative estimate of drug-likeness (QED) is 0.0952. The van der Waals surface area contributed by atoms with Crippen LogP contribution in [0.3, 0.4) is 0 Å². The Hall–Kier alpha value is -4.99. The number of hydrogen-bond donors (Lipinski definition) is 1. The summed E-state index contributed by atoms with van der Waals surface area (Å²) in [5, 5.41) is 33.7. The van der Waals surface area contributed by atoms with E-state index in [2.05, 4.69) is 4.98 Å². The average molecular weight is 627 g/mol. The van der Waals surface area contributed by atoms with Crippen LogP contribution in [0.1, 0.15) is 17.2 Å². The van der Waals surface area contributed by atoms with Gasteiger partial charge in [0, 0.05) is 34.9 Å². The number of carbonyl (C=O) groups excluding carboxylic acids is 2. The number of anilines is 1. The predicted octanol–water partition coefficient (Wildman–Crippen LogP) is 5.07. The number of aliphatic hydroxyl groups is 1. The normalized spacial score (nSPS) is 16.5. The Morgan fingerprint density at radius 3 is 2.21 bits per heavy atom. The summed E-state index contributed by atoms with van der Waals surface area (Å²) in [6.45, 7) is 0. The number of nitro groups is 2. The number of hydrogen-bond acceptors (Lipinski definition) is 11. The number of non-ortho nitro benzene ring substituents is 2. The van der Waals surface area contributed by atoms with E-state index in [1.54, 1.807) is 0 Å². The van der Waals surface area contributed by atoms with Crippen LogP contribution < -0.4 is 4.90 Å². The number of sulfone groups is 1. The van der Waals surface area contributed by atoms with E-state index in [1.807, 2.05) is 0 Å². The first kappa shape index (κ1) is 28.5. The Balaban J connectivity index is 1.65. The molecule has 16 heteroatoms. The predicted molar refractivity (Wildman–Crippen MR) is 150 cm³/mol. The van der Waals surface area contributed by atoms with Gasteiger partial charge in [0.2, 0.25) is 9.84 Å². The molecule has 2 heterocycles. The van der Waals surface area contributed by atoms with Crippen LogP contribution in [0.5, 0.6) is 0 Å². The molecule has 1 unspecified atom stereocenters. The van der Waals surface area contributed by atoms with Crippen molar-refractivity contribution < 1.29 is 33.0 Å². The maximum absolute atomic E-state index is 13.4. The van der Waals surface area contributed by atoms with Crippen molar-refractivity contribution in [1.29, 1.82) is 0 Å². The highest BCUT2D eigenvalue weighted by molar-refractivity contribution is 7.93. The summed E-state index contributed by atoms with van der Waals surface area (Å²) in [4.78, 5) is 52.4. The number of aromatic nitrogens is 1. The van der Waals surface area contributed by atoms with Crippen molar-refractivity contribution in [3.8, 4) is 0 Å². The molecule has 1 aliphatic rings. The van der Waals surface area contributed by atoms with Crippen molar-refractivity contribution in [2.45, 2.75) is 15.1 Å². The standard InChI is InChI=1S/C26H15ClN4O9S2/c27-16-6-4-14(5-7-16)23(32)21-22(15-2-1-3-18(12-15)31(37)38)29(25(34)24(21)33)26-28-13-20(41-26)42(39,40)19-10-8-17(9-11-19)30(35)36/h1-13,22,32H/b23-21+. The highest BCUT2D eigenvalue weighted by atomic mass is 35.5. The maximum Gasteiger partial charge on any atom is 0.301 e. The number of halogens is 1. The van der Waals surface area contributed by atoms with E-state index in [0.29, 0.717) is 16.4 Å². The van der Waals surface area contributed by atoms with Crippen molar-refractivity contribution in [2.24, 2.45) is 0 Å². The molecule has 1 aromatic heterocycles. The molecule has 0 aliphatic carbocycles. The van der Waals surface area contributed by atoms with Gasteiger partial charge >= 0.3 is 5.91 Å². The molecule has 212 valence electrons. The summed E-state index contributed by atoms with van der Waals surface area (Å²) >= 11 is 6.46.